The third-order valence-corrected chi connectivity index (χ3v) is 30.3. The molecular weight excluding hydrogens is 1890 g/mol. The van der Waals surface area contributed by atoms with Crippen molar-refractivity contribution in [3.05, 3.63) is 156 Å². The second-order valence-electron chi connectivity index (χ2n) is 41.6. The third-order valence-electron chi connectivity index (χ3n) is 30.3. The van der Waals surface area contributed by atoms with Crippen molar-refractivity contribution in [2.45, 2.75) is 122 Å². The van der Waals surface area contributed by atoms with E-state index in [1.165, 1.54) is 135 Å². The van der Waals surface area contributed by atoms with Gasteiger partial charge in [0.25, 0.3) is 11.8 Å². The number of carbonyl (C=O) groups excluding carboxylic acids is 2. The van der Waals surface area contributed by atoms with E-state index in [9.17, 15) is 9.59 Å². The predicted molar refractivity (Wildman–Crippen MR) is 602 cm³/mol. The summed E-state index contributed by atoms with van der Waals surface area (Å²) in [6, 6.07) is 44.6. The number of fused-ring (bicyclic) bond motifs is 4. The lowest BCUT2D eigenvalue weighted by atomic mass is 10.1. The van der Waals surface area contributed by atoms with Crippen LogP contribution in [0.1, 0.15) is 135 Å². The van der Waals surface area contributed by atoms with Crippen LogP contribution in [0.25, 0.3) is 43.6 Å². The summed E-state index contributed by atoms with van der Waals surface area (Å²) >= 11 is 0. The fraction of sp³-hybridized carbons (Fsp3) is 0.548. The van der Waals surface area contributed by atoms with Gasteiger partial charge < -0.3 is 112 Å². The number of carbonyl (C=O) groups is 2. The van der Waals surface area contributed by atoms with Crippen LogP contribution in [0.15, 0.2) is 133 Å². The maximum Gasteiger partial charge on any atom is 0.253 e. The highest BCUT2D eigenvalue weighted by molar-refractivity contribution is 5.98. The number of hydrogen-bond donors (Lipinski definition) is 1. The predicted octanol–water partition coefficient (Wildman–Crippen LogP) is 14.0. The largest absolute Gasteiger partial charge is 0.493 e. The standard InChI is InChI=1S/C30H41N7O3.C29H38N6O3.C29H40N6O2.C27H42N6O2/c1-34(2)30-32-25-20-27(40-18-6-13-35-11-4-5-12-35)26(39-3)19-24(25)28(33-30)36-14-16-37(17-15-36)29(38)23-9-7-22(21-31)8-10-23;1-32(2)29-30-24-21-26(38-19-9-14-33-12-7-8-13-33)25(37-3)20-23(24)27(31-29)34-15-17-35(18-16-34)28(36)22-10-5-4-6-11-22;1-32(2)29-30-25-21-27(37-19-9-14-33-12-7-8-13-33)26(36-3)20-24(25)28(31-29)35-17-15-34(16-18-35)22-23-10-5-4-6-11-23;1-30(2)27-28-23-20-25(35-18-8-13-31-11-6-7-12-31)24(34-3)19-22(23)26(29-27)33-16-14-32(15-17-33)21-9-4-5-10-21/h7-10,19-20H,4-6,11-18,21,31H2,1-3H3;4-6,10-11,20-21H,7-9,12-19H2,1-3H3;4-6,10-11,20-21H,7-9,12-19,22H2,1-3H3;19-21H,4-18H2,1-3H3. The fourth-order valence-electron chi connectivity index (χ4n) is 21.7. The number of amides is 2. The first-order chi connectivity index (χ1) is 73.2. The van der Waals surface area contributed by atoms with Crippen molar-refractivity contribution in [1.82, 2.24) is 79.1 Å². The lowest BCUT2D eigenvalue weighted by molar-refractivity contribution is 0.0739. The van der Waals surface area contributed by atoms with Crippen molar-refractivity contribution >= 4 is 102 Å². The number of ether oxygens (including phenoxy) is 8. The van der Waals surface area contributed by atoms with Gasteiger partial charge in [-0.15, -0.1) is 0 Å². The Morgan fingerprint density at radius 3 is 0.867 bits per heavy atom. The van der Waals surface area contributed by atoms with Gasteiger partial charge in [0.1, 0.15) is 23.3 Å². The van der Waals surface area contributed by atoms with Crippen molar-refractivity contribution in [2.75, 3.05) is 334 Å². The molecule has 9 fully saturated rings. The molecule has 0 spiro atoms. The fourth-order valence-corrected chi connectivity index (χ4v) is 21.7. The molecule has 2 N–H and O–H groups in total. The molecule has 1 saturated carbocycles. The Morgan fingerprint density at radius 1 is 0.300 bits per heavy atom. The molecule has 8 aliphatic heterocycles. The van der Waals surface area contributed by atoms with E-state index >= 15 is 0 Å². The summed E-state index contributed by atoms with van der Waals surface area (Å²) in [5, 5.41) is 3.86. The Labute approximate surface area is 887 Å². The molecule has 150 heavy (non-hydrogen) atoms. The monoisotopic (exact) mass is 2050 g/mol. The van der Waals surface area contributed by atoms with Gasteiger partial charge in [0.05, 0.1) is 76.9 Å². The molecule has 20 rings (SSSR count). The van der Waals surface area contributed by atoms with Crippen LogP contribution in [0.2, 0.25) is 0 Å². The van der Waals surface area contributed by atoms with E-state index in [1.807, 2.05) is 177 Å². The minimum atomic E-state index is 0.0398. The number of aromatic nitrogens is 8. The molecule has 0 radical (unpaired) electrons. The van der Waals surface area contributed by atoms with Crippen molar-refractivity contribution in [3.63, 3.8) is 0 Å². The summed E-state index contributed by atoms with van der Waals surface area (Å²) in [6.07, 6.45) is 19.9. The summed E-state index contributed by atoms with van der Waals surface area (Å²) in [5.41, 5.74) is 12.9. The molecule has 8 saturated heterocycles. The number of nitrogens with two attached hydrogens (primary N) is 1. The van der Waals surface area contributed by atoms with E-state index in [-0.39, 0.29) is 11.8 Å². The highest BCUT2D eigenvalue weighted by Gasteiger charge is 2.34. The van der Waals surface area contributed by atoms with Crippen LogP contribution in [0.3, 0.4) is 0 Å². The van der Waals surface area contributed by atoms with E-state index in [4.69, 9.17) is 83.5 Å². The van der Waals surface area contributed by atoms with E-state index in [0.29, 0.717) is 132 Å². The van der Waals surface area contributed by atoms with Crippen LogP contribution in [-0.2, 0) is 13.1 Å². The molecule has 2 amide bonds. The zero-order valence-electron chi connectivity index (χ0n) is 91.0. The number of methoxy groups -OCH3 is 4. The number of rotatable bonds is 38. The van der Waals surface area contributed by atoms with Gasteiger partial charge in [-0.2, -0.15) is 19.9 Å². The van der Waals surface area contributed by atoms with Crippen LogP contribution >= 0.6 is 0 Å². The summed E-state index contributed by atoms with van der Waals surface area (Å²) in [7, 11) is 22.5. The van der Waals surface area contributed by atoms with Crippen molar-refractivity contribution in [1.29, 1.82) is 0 Å². The lowest BCUT2D eigenvalue weighted by Crippen LogP contribution is -2.50. The Bertz CT molecular complexity index is 6160. The summed E-state index contributed by atoms with van der Waals surface area (Å²) in [6.45, 7) is 31.2. The second-order valence-corrected chi connectivity index (χ2v) is 41.6. The number of anilines is 8. The van der Waals surface area contributed by atoms with Gasteiger partial charge in [-0.25, -0.2) is 19.9 Å². The molecule has 0 bridgehead atoms. The van der Waals surface area contributed by atoms with Crippen molar-refractivity contribution in [2.24, 2.45) is 5.73 Å². The Kier molecular flexibility index (Phi) is 38.6. The minimum absolute atomic E-state index is 0.0398. The average molecular weight is 2050 g/mol. The normalized spacial score (nSPS) is 17.2. The lowest BCUT2D eigenvalue weighted by Gasteiger charge is -2.39. The highest BCUT2D eigenvalue weighted by atomic mass is 16.5. The number of nitrogens with zero attached hydrogens (tertiary/aromatic N) is 24. The SMILES string of the molecule is COc1cc2c(N3CCN(C(=O)c4ccc(CN)cc4)CC3)nc(N(C)C)nc2cc1OCCCN1CCCC1.COc1cc2c(N3CCN(C(=O)c4ccccc4)CC3)nc(N(C)C)nc2cc1OCCCN1CCCC1.COc1cc2c(N3CCN(C4CCCC4)CC3)nc(N(C)C)nc2cc1OCCCN1CCCC1.COc1cc2c(N3CCN(Cc4ccccc4)CC3)nc(N(C)C)nc2cc1OCCCN1CCCC1. The van der Waals surface area contributed by atoms with Gasteiger partial charge >= 0.3 is 0 Å². The zero-order valence-corrected chi connectivity index (χ0v) is 91.0. The average Bonchev–Trinajstić information content (AvgIpc) is 0.877. The zero-order chi connectivity index (χ0) is 104. The van der Waals surface area contributed by atoms with Crippen LogP contribution < -0.4 is 82.8 Å². The Morgan fingerprint density at radius 2 is 0.580 bits per heavy atom. The first-order valence-corrected chi connectivity index (χ1v) is 54.8. The summed E-state index contributed by atoms with van der Waals surface area (Å²) < 4.78 is 47.8. The number of likely N-dealkylation sites (tertiary alicyclic amines) is 4. The van der Waals surface area contributed by atoms with Crippen LogP contribution in [0.4, 0.5) is 47.1 Å². The smallest absolute Gasteiger partial charge is 0.253 e. The van der Waals surface area contributed by atoms with Gasteiger partial charge in [0.2, 0.25) is 23.8 Å². The first-order valence-electron chi connectivity index (χ1n) is 54.8. The van der Waals surface area contributed by atoms with Crippen molar-refractivity contribution < 1.29 is 47.5 Å². The molecule has 11 aromatic rings. The van der Waals surface area contributed by atoms with Crippen molar-refractivity contribution in [3.8, 4) is 46.0 Å². The van der Waals surface area contributed by atoms with Gasteiger partial charge in [-0.3, -0.25) is 19.4 Å². The van der Waals surface area contributed by atoms with Gasteiger partial charge in [-0.05, 0) is 202 Å². The van der Waals surface area contributed by atoms with Gasteiger partial charge in [0, 0.05) is 263 Å². The van der Waals surface area contributed by atoms with Crippen LogP contribution in [0.5, 0.6) is 46.0 Å². The number of benzene rings is 7. The summed E-state index contributed by atoms with van der Waals surface area (Å²) in [5.74, 6) is 12.2. The molecule has 0 unspecified atom stereocenters. The molecule has 4 aromatic heterocycles. The Hall–Kier alpha value is -12.6. The molecule has 12 heterocycles. The van der Waals surface area contributed by atoms with E-state index < -0.39 is 0 Å². The van der Waals surface area contributed by atoms with E-state index in [0.717, 1.165) is 224 Å². The van der Waals surface area contributed by atoms with E-state index in [2.05, 4.69) is 91.5 Å². The summed E-state index contributed by atoms with van der Waals surface area (Å²) in [4.78, 5) is 101. The highest BCUT2D eigenvalue weighted by Crippen LogP contribution is 2.43. The molecule has 7 aromatic carbocycles. The number of hydrogen-bond acceptors (Lipinski definition) is 33. The minimum Gasteiger partial charge on any atom is -0.493 e. The quantitative estimate of drug-likeness (QED) is 0.0352. The van der Waals surface area contributed by atoms with Gasteiger partial charge in [0.15, 0.2) is 46.0 Å². The molecule has 9 aliphatic rings. The topological polar surface area (TPSA) is 289 Å². The number of piperazine rings is 4. The van der Waals surface area contributed by atoms with Crippen LogP contribution in [-0.4, -0.2) is 391 Å². The molecule has 0 atom stereocenters. The molecule has 1 aliphatic carbocycles. The first kappa shape index (κ1) is 109. The molecule has 35 nitrogen and oxygen atoms in total. The van der Waals surface area contributed by atoms with E-state index in [1.54, 1.807) is 28.4 Å². The molecular formula is C115H161N25O10. The van der Waals surface area contributed by atoms with Gasteiger partial charge in [-0.1, -0.05) is 73.5 Å². The second kappa shape index (κ2) is 53.4. The third kappa shape index (κ3) is 28.2. The molecule has 806 valence electrons. The molecule has 35 heteroatoms. The van der Waals surface area contributed by atoms with Crippen LogP contribution in [0, 0.1) is 0 Å². The maximum atomic E-state index is 13.1. The maximum absolute atomic E-state index is 13.1. The Balaban J connectivity index is 0.000000136.